The number of carbonyl (C=O) groups is 1. The lowest BCUT2D eigenvalue weighted by molar-refractivity contribution is -0.121. The number of aromatic amines is 1. The van der Waals surface area contributed by atoms with Crippen molar-refractivity contribution in [2.75, 3.05) is 19.6 Å². The molecule has 1 aliphatic heterocycles. The summed E-state index contributed by atoms with van der Waals surface area (Å²) in [6, 6.07) is 18.6. The van der Waals surface area contributed by atoms with E-state index in [0.29, 0.717) is 17.1 Å². The summed E-state index contributed by atoms with van der Waals surface area (Å²) < 4.78 is 2.20. The summed E-state index contributed by atoms with van der Waals surface area (Å²) in [6.07, 6.45) is 2.42. The number of nitrogens with zero attached hydrogens (tertiary/aromatic N) is 3. The summed E-state index contributed by atoms with van der Waals surface area (Å²) >= 11 is 5.38. The summed E-state index contributed by atoms with van der Waals surface area (Å²) in [5.74, 6) is 0.611. The van der Waals surface area contributed by atoms with Crippen molar-refractivity contribution >= 4 is 18.1 Å². The van der Waals surface area contributed by atoms with E-state index in [-0.39, 0.29) is 18.5 Å². The number of rotatable bonds is 7. The average Bonchev–Trinajstić information content (AvgIpc) is 3.40. The Morgan fingerprint density at radius 3 is 2.67 bits per heavy atom. The molecule has 0 spiro atoms. The van der Waals surface area contributed by atoms with Crippen LogP contribution in [0.25, 0.3) is 11.4 Å². The molecular formula is C23H27N5OS. The van der Waals surface area contributed by atoms with Crippen molar-refractivity contribution in [3.63, 3.8) is 0 Å². The molecule has 2 aromatic carbocycles. The topological polar surface area (TPSA) is 66.0 Å². The molecule has 0 bridgehead atoms. The van der Waals surface area contributed by atoms with Gasteiger partial charge in [-0.15, -0.1) is 0 Å². The van der Waals surface area contributed by atoms with Crippen LogP contribution in [0, 0.1) is 11.7 Å². The molecule has 1 amide bonds. The lowest BCUT2D eigenvalue weighted by atomic mass is 10.1. The number of carbonyl (C=O) groups excluding carboxylic acids is 1. The first-order chi connectivity index (χ1) is 14.6. The first-order valence-corrected chi connectivity index (χ1v) is 10.8. The zero-order valence-corrected chi connectivity index (χ0v) is 18.0. The number of aryl methyl sites for hydroxylation is 1. The lowest BCUT2D eigenvalue weighted by Gasteiger charge is -2.28. The van der Waals surface area contributed by atoms with Crippen LogP contribution in [0.3, 0.4) is 0 Å². The van der Waals surface area contributed by atoms with Gasteiger partial charge in [0.15, 0.2) is 10.6 Å². The zero-order valence-electron chi connectivity index (χ0n) is 17.2. The van der Waals surface area contributed by atoms with Crippen molar-refractivity contribution in [2.24, 2.45) is 0 Å². The van der Waals surface area contributed by atoms with E-state index in [1.165, 1.54) is 18.4 Å². The van der Waals surface area contributed by atoms with Crippen molar-refractivity contribution in [2.45, 2.75) is 32.4 Å². The highest BCUT2D eigenvalue weighted by molar-refractivity contribution is 7.71. The van der Waals surface area contributed by atoms with E-state index < -0.39 is 0 Å². The Kier molecular flexibility index (Phi) is 6.40. The molecule has 2 N–H and O–H groups in total. The van der Waals surface area contributed by atoms with Gasteiger partial charge in [0.05, 0.1) is 6.04 Å². The van der Waals surface area contributed by atoms with E-state index in [9.17, 15) is 4.79 Å². The molecule has 30 heavy (non-hydrogen) atoms. The third-order valence-electron chi connectivity index (χ3n) is 5.59. The van der Waals surface area contributed by atoms with Gasteiger partial charge in [0.25, 0.3) is 0 Å². The molecule has 1 atom stereocenters. The Labute approximate surface area is 181 Å². The molecule has 1 fully saturated rings. The van der Waals surface area contributed by atoms with Crippen molar-refractivity contribution in [3.05, 3.63) is 70.5 Å². The quantitative estimate of drug-likeness (QED) is 0.569. The van der Waals surface area contributed by atoms with Crippen LogP contribution in [0.15, 0.2) is 54.6 Å². The predicted molar refractivity (Wildman–Crippen MR) is 121 cm³/mol. The van der Waals surface area contributed by atoms with E-state index in [0.717, 1.165) is 24.2 Å². The van der Waals surface area contributed by atoms with Crippen molar-refractivity contribution in [1.29, 1.82) is 0 Å². The fourth-order valence-electron chi connectivity index (χ4n) is 4.07. The first kappa shape index (κ1) is 20.5. The molecular weight excluding hydrogens is 394 g/mol. The number of nitrogens with one attached hydrogen (secondary N) is 2. The Hall–Kier alpha value is -2.77. The Morgan fingerprint density at radius 1 is 1.17 bits per heavy atom. The molecule has 4 rings (SSSR count). The molecule has 7 heteroatoms. The molecule has 0 radical (unpaired) electrons. The van der Waals surface area contributed by atoms with Crippen LogP contribution in [-0.4, -0.2) is 45.2 Å². The van der Waals surface area contributed by atoms with Gasteiger partial charge in [0, 0.05) is 12.1 Å². The van der Waals surface area contributed by atoms with Gasteiger partial charge in [-0.3, -0.25) is 19.4 Å². The molecule has 0 saturated carbocycles. The fourth-order valence-corrected chi connectivity index (χ4v) is 4.26. The third kappa shape index (κ3) is 4.68. The van der Waals surface area contributed by atoms with Gasteiger partial charge in [-0.05, 0) is 56.7 Å². The van der Waals surface area contributed by atoms with Crippen LogP contribution < -0.4 is 5.32 Å². The first-order valence-electron chi connectivity index (χ1n) is 10.4. The second-order valence-corrected chi connectivity index (χ2v) is 8.17. The summed E-state index contributed by atoms with van der Waals surface area (Å²) in [5.41, 5.74) is 3.31. The van der Waals surface area contributed by atoms with Crippen LogP contribution in [0.1, 0.15) is 30.0 Å². The minimum atomic E-state index is -0.0680. The van der Waals surface area contributed by atoms with Gasteiger partial charge in [-0.2, -0.15) is 5.10 Å². The Balaban J connectivity index is 1.47. The highest BCUT2D eigenvalue weighted by Gasteiger charge is 2.24. The highest BCUT2D eigenvalue weighted by Crippen LogP contribution is 2.24. The number of benzene rings is 2. The van der Waals surface area contributed by atoms with Crippen LogP contribution in [-0.2, 0) is 11.3 Å². The monoisotopic (exact) mass is 421 g/mol. The van der Waals surface area contributed by atoms with E-state index >= 15 is 0 Å². The summed E-state index contributed by atoms with van der Waals surface area (Å²) in [6.45, 7) is 4.89. The number of H-pyrrole nitrogens is 1. The second kappa shape index (κ2) is 9.36. The van der Waals surface area contributed by atoms with Crippen LogP contribution in [0.5, 0.6) is 0 Å². The smallest absolute Gasteiger partial charge is 0.240 e. The minimum Gasteiger partial charge on any atom is -0.353 e. The van der Waals surface area contributed by atoms with Gasteiger partial charge < -0.3 is 5.32 Å². The molecule has 3 aromatic rings. The van der Waals surface area contributed by atoms with Gasteiger partial charge in [-0.1, -0.05) is 54.1 Å². The maximum absolute atomic E-state index is 12.8. The normalized spacial score (nSPS) is 15.2. The number of aromatic nitrogens is 3. The molecule has 1 aliphatic rings. The molecule has 1 aromatic heterocycles. The molecule has 156 valence electrons. The van der Waals surface area contributed by atoms with Gasteiger partial charge in [-0.25, -0.2) is 0 Å². The number of amides is 1. The largest absolute Gasteiger partial charge is 0.353 e. The van der Waals surface area contributed by atoms with Gasteiger partial charge >= 0.3 is 0 Å². The number of hydrogen-bond donors (Lipinski definition) is 2. The maximum atomic E-state index is 12.8. The van der Waals surface area contributed by atoms with Crippen LogP contribution in [0.2, 0.25) is 0 Å². The van der Waals surface area contributed by atoms with Crippen LogP contribution in [0.4, 0.5) is 0 Å². The maximum Gasteiger partial charge on any atom is 0.240 e. The second-order valence-electron chi connectivity index (χ2n) is 7.78. The van der Waals surface area contributed by atoms with E-state index in [2.05, 4.69) is 44.7 Å². The Bertz CT molecular complexity index is 1050. The van der Waals surface area contributed by atoms with Gasteiger partial charge in [0.1, 0.15) is 6.54 Å². The molecule has 2 heterocycles. The summed E-state index contributed by atoms with van der Waals surface area (Å²) in [5, 5.41) is 10.3. The standard InChI is InChI=1S/C23H27N5OS/c1-17-8-7-11-19(14-17)22-25-26-23(30)28(22)16-21(29)24-15-20(27-12-5-6-13-27)18-9-3-2-4-10-18/h2-4,7-11,14,20H,5-6,12-13,15-16H2,1H3,(H,24,29)(H,26,30)/t20-/m1/s1. The van der Waals surface area contributed by atoms with E-state index in [4.69, 9.17) is 12.2 Å². The fraction of sp³-hybridized carbons (Fsp3) is 0.348. The molecule has 0 aliphatic carbocycles. The molecule has 0 unspecified atom stereocenters. The molecule has 1 saturated heterocycles. The summed E-state index contributed by atoms with van der Waals surface area (Å²) in [4.78, 5) is 15.3. The lowest BCUT2D eigenvalue weighted by Crippen LogP contribution is -2.38. The van der Waals surface area contributed by atoms with Crippen LogP contribution >= 0.6 is 12.2 Å². The molecule has 6 nitrogen and oxygen atoms in total. The van der Waals surface area contributed by atoms with Crippen molar-refractivity contribution in [1.82, 2.24) is 25.0 Å². The SMILES string of the molecule is Cc1cccc(-c2n[nH]c(=S)n2CC(=O)NC[C@H](c2ccccc2)N2CCCC2)c1. The Morgan fingerprint density at radius 2 is 1.93 bits per heavy atom. The van der Waals surface area contributed by atoms with Crippen molar-refractivity contribution in [3.8, 4) is 11.4 Å². The van der Waals surface area contributed by atoms with E-state index in [1.807, 2.05) is 37.3 Å². The van der Waals surface area contributed by atoms with Gasteiger partial charge in [0.2, 0.25) is 5.91 Å². The average molecular weight is 422 g/mol. The summed E-state index contributed by atoms with van der Waals surface area (Å²) in [7, 11) is 0. The van der Waals surface area contributed by atoms with Crippen molar-refractivity contribution < 1.29 is 4.79 Å². The minimum absolute atomic E-state index is 0.0680. The van der Waals surface area contributed by atoms with E-state index in [1.54, 1.807) is 4.57 Å². The number of likely N-dealkylation sites (tertiary alicyclic amines) is 1. The zero-order chi connectivity index (χ0) is 20.9. The predicted octanol–water partition coefficient (Wildman–Crippen LogP) is 3.87. The highest BCUT2D eigenvalue weighted by atomic mass is 32.1. The third-order valence-corrected chi connectivity index (χ3v) is 5.91. The number of hydrogen-bond acceptors (Lipinski definition) is 4.